The molecule has 24 heavy (non-hydrogen) atoms. The third kappa shape index (κ3) is 6.22. The van der Waals surface area contributed by atoms with E-state index in [0.29, 0.717) is 19.6 Å². The molecule has 0 atom stereocenters. The molecule has 7 heteroatoms. The maximum Gasteiger partial charge on any atom is 0.237 e. The van der Waals surface area contributed by atoms with Gasteiger partial charge in [0.05, 0.1) is 12.8 Å². The molecule has 1 aromatic carbocycles. The minimum Gasteiger partial charge on any atom is -0.338 e. The average molecular weight is 353 g/mol. The van der Waals surface area contributed by atoms with Crippen LogP contribution in [0.25, 0.3) is 0 Å². The molecule has 6 nitrogen and oxygen atoms in total. The molecule has 0 aromatic heterocycles. The maximum absolute atomic E-state index is 12.5. The Hall–Kier alpha value is -1.44. The number of carbonyl (C=O) groups is 1. The molecule has 1 N–H and O–H groups in total. The van der Waals surface area contributed by atoms with Crippen LogP contribution in [0, 0.1) is 0 Å². The van der Waals surface area contributed by atoms with Gasteiger partial charge in [0.15, 0.2) is 0 Å². The van der Waals surface area contributed by atoms with Gasteiger partial charge in [-0.25, -0.2) is 13.1 Å². The Kier molecular flexibility index (Phi) is 6.77. The van der Waals surface area contributed by atoms with Crippen molar-refractivity contribution in [3.05, 3.63) is 35.9 Å². The molecular weight excluding hydrogens is 326 g/mol. The summed E-state index contributed by atoms with van der Waals surface area (Å²) in [4.78, 5) is 16.5. The predicted molar refractivity (Wildman–Crippen MR) is 95.0 cm³/mol. The number of nitrogens with one attached hydrogen (secondary N) is 1. The normalized spacial score (nSPS) is 16.9. The van der Waals surface area contributed by atoms with Crippen LogP contribution in [0.3, 0.4) is 0 Å². The van der Waals surface area contributed by atoms with E-state index >= 15 is 0 Å². The monoisotopic (exact) mass is 353 g/mol. The molecule has 1 saturated heterocycles. The SMILES string of the molecule is CCN(Cc1ccccc1)C(=O)CN1CCC(NS(C)(=O)=O)CC1. The summed E-state index contributed by atoms with van der Waals surface area (Å²) in [5.74, 6) is 0.121. The summed E-state index contributed by atoms with van der Waals surface area (Å²) in [5.41, 5.74) is 1.13. The van der Waals surface area contributed by atoms with Crippen LogP contribution in [0.2, 0.25) is 0 Å². The van der Waals surface area contributed by atoms with E-state index < -0.39 is 10.0 Å². The van der Waals surface area contributed by atoms with Crippen molar-refractivity contribution in [1.29, 1.82) is 0 Å². The standard InChI is InChI=1S/C17H27N3O3S/c1-3-20(13-15-7-5-4-6-8-15)17(21)14-19-11-9-16(10-12-19)18-24(2,22)23/h4-8,16,18H,3,9-14H2,1-2H3. The number of likely N-dealkylation sites (N-methyl/N-ethyl adjacent to an activating group) is 1. The Balaban J connectivity index is 1.81. The first-order valence-corrected chi connectivity index (χ1v) is 10.3. The molecule has 0 radical (unpaired) electrons. The second-order valence-electron chi connectivity index (χ2n) is 6.33. The number of likely N-dealkylation sites (tertiary alicyclic amines) is 1. The number of sulfonamides is 1. The highest BCUT2D eigenvalue weighted by atomic mass is 32.2. The van der Waals surface area contributed by atoms with Gasteiger partial charge in [0, 0.05) is 32.2 Å². The largest absolute Gasteiger partial charge is 0.338 e. The molecule has 1 heterocycles. The maximum atomic E-state index is 12.5. The van der Waals surface area contributed by atoms with Gasteiger partial charge >= 0.3 is 0 Å². The van der Waals surface area contributed by atoms with Crippen molar-refractivity contribution in [2.75, 3.05) is 32.4 Å². The zero-order valence-corrected chi connectivity index (χ0v) is 15.3. The Morgan fingerprint density at radius 3 is 2.42 bits per heavy atom. The lowest BCUT2D eigenvalue weighted by molar-refractivity contribution is -0.133. The molecule has 1 aliphatic heterocycles. The van der Waals surface area contributed by atoms with Crippen molar-refractivity contribution in [2.24, 2.45) is 0 Å². The zero-order valence-electron chi connectivity index (χ0n) is 14.4. The van der Waals surface area contributed by atoms with Gasteiger partial charge in [0.1, 0.15) is 0 Å². The summed E-state index contributed by atoms with van der Waals surface area (Å²) < 4.78 is 25.2. The van der Waals surface area contributed by atoms with E-state index in [1.54, 1.807) is 0 Å². The fourth-order valence-electron chi connectivity index (χ4n) is 2.98. The third-order valence-corrected chi connectivity index (χ3v) is 5.04. The van der Waals surface area contributed by atoms with Gasteiger partial charge in [-0.1, -0.05) is 30.3 Å². The van der Waals surface area contributed by atoms with Gasteiger partial charge in [-0.3, -0.25) is 9.69 Å². The number of benzene rings is 1. The van der Waals surface area contributed by atoms with E-state index in [1.165, 1.54) is 6.26 Å². The van der Waals surface area contributed by atoms with Gasteiger partial charge in [-0.05, 0) is 25.3 Å². The quantitative estimate of drug-likeness (QED) is 0.795. The number of amides is 1. The zero-order chi connectivity index (χ0) is 17.6. The molecule has 0 spiro atoms. The van der Waals surface area contributed by atoms with Gasteiger partial charge in [0.2, 0.25) is 15.9 Å². The number of piperidine rings is 1. The van der Waals surface area contributed by atoms with Crippen molar-refractivity contribution in [3.8, 4) is 0 Å². The molecular formula is C17H27N3O3S. The Morgan fingerprint density at radius 2 is 1.88 bits per heavy atom. The van der Waals surface area contributed by atoms with Crippen LogP contribution in [0.4, 0.5) is 0 Å². The lowest BCUT2D eigenvalue weighted by atomic mass is 10.1. The van der Waals surface area contributed by atoms with E-state index in [0.717, 1.165) is 31.5 Å². The van der Waals surface area contributed by atoms with Gasteiger partial charge in [0.25, 0.3) is 0 Å². The van der Waals surface area contributed by atoms with E-state index in [2.05, 4.69) is 9.62 Å². The van der Waals surface area contributed by atoms with Crippen LogP contribution in [-0.4, -0.2) is 62.6 Å². The first-order valence-electron chi connectivity index (χ1n) is 8.38. The summed E-state index contributed by atoms with van der Waals surface area (Å²) in [6.07, 6.45) is 2.67. The minimum atomic E-state index is -3.16. The number of carbonyl (C=O) groups excluding carboxylic acids is 1. The van der Waals surface area contributed by atoms with Crippen LogP contribution >= 0.6 is 0 Å². The fourth-order valence-corrected chi connectivity index (χ4v) is 3.82. The summed E-state index contributed by atoms with van der Waals surface area (Å²) in [5, 5.41) is 0. The fraction of sp³-hybridized carbons (Fsp3) is 0.588. The molecule has 0 unspecified atom stereocenters. The van der Waals surface area contributed by atoms with Crippen LogP contribution in [-0.2, 0) is 21.4 Å². The smallest absolute Gasteiger partial charge is 0.237 e. The molecule has 0 saturated carbocycles. The molecule has 1 amide bonds. The number of rotatable bonds is 7. The average Bonchev–Trinajstić information content (AvgIpc) is 2.54. The molecule has 0 aliphatic carbocycles. The first kappa shape index (κ1) is 18.9. The Morgan fingerprint density at radius 1 is 1.25 bits per heavy atom. The van der Waals surface area contributed by atoms with Gasteiger partial charge < -0.3 is 4.90 Å². The summed E-state index contributed by atoms with van der Waals surface area (Å²) in [6.45, 7) is 5.17. The van der Waals surface area contributed by atoms with Crippen molar-refractivity contribution in [1.82, 2.24) is 14.5 Å². The molecule has 1 aromatic rings. The van der Waals surface area contributed by atoms with Gasteiger partial charge in [-0.2, -0.15) is 0 Å². The summed E-state index contributed by atoms with van der Waals surface area (Å²) >= 11 is 0. The van der Waals surface area contributed by atoms with Crippen molar-refractivity contribution < 1.29 is 13.2 Å². The predicted octanol–water partition coefficient (Wildman–Crippen LogP) is 1.05. The van der Waals surface area contributed by atoms with E-state index in [9.17, 15) is 13.2 Å². The molecule has 1 fully saturated rings. The second-order valence-corrected chi connectivity index (χ2v) is 8.11. The Bertz CT molecular complexity index is 626. The number of nitrogens with zero attached hydrogens (tertiary/aromatic N) is 2. The number of hydrogen-bond acceptors (Lipinski definition) is 4. The molecule has 1 aliphatic rings. The van der Waals surface area contributed by atoms with Crippen LogP contribution in [0.15, 0.2) is 30.3 Å². The topological polar surface area (TPSA) is 69.7 Å². The van der Waals surface area contributed by atoms with Crippen LogP contribution < -0.4 is 4.72 Å². The molecule has 134 valence electrons. The van der Waals surface area contributed by atoms with E-state index in [4.69, 9.17) is 0 Å². The van der Waals surface area contributed by atoms with Crippen LogP contribution in [0.5, 0.6) is 0 Å². The lowest BCUT2D eigenvalue weighted by Crippen LogP contribution is -2.47. The highest BCUT2D eigenvalue weighted by molar-refractivity contribution is 7.88. The molecule has 2 rings (SSSR count). The van der Waals surface area contributed by atoms with E-state index in [1.807, 2.05) is 42.2 Å². The van der Waals surface area contributed by atoms with Crippen LogP contribution in [0.1, 0.15) is 25.3 Å². The van der Waals surface area contributed by atoms with Crippen molar-refractivity contribution >= 4 is 15.9 Å². The van der Waals surface area contributed by atoms with Gasteiger partial charge in [-0.15, -0.1) is 0 Å². The minimum absolute atomic E-state index is 0.0158. The third-order valence-electron chi connectivity index (χ3n) is 4.28. The highest BCUT2D eigenvalue weighted by Gasteiger charge is 2.24. The van der Waals surface area contributed by atoms with E-state index in [-0.39, 0.29) is 11.9 Å². The van der Waals surface area contributed by atoms with Crippen molar-refractivity contribution in [2.45, 2.75) is 32.4 Å². The second kappa shape index (κ2) is 8.60. The Labute approximate surface area is 144 Å². The number of hydrogen-bond donors (Lipinski definition) is 1. The highest BCUT2D eigenvalue weighted by Crippen LogP contribution is 2.12. The first-order chi connectivity index (χ1) is 11.4. The summed E-state index contributed by atoms with van der Waals surface area (Å²) in [7, 11) is -3.16. The van der Waals surface area contributed by atoms with Crippen molar-refractivity contribution in [3.63, 3.8) is 0 Å². The summed E-state index contributed by atoms with van der Waals surface area (Å²) in [6, 6.07) is 9.96. The lowest BCUT2D eigenvalue weighted by Gasteiger charge is -2.33. The molecule has 0 bridgehead atoms.